The van der Waals surface area contributed by atoms with Crippen LogP contribution >= 0.6 is 0 Å². The Labute approximate surface area is 65.6 Å². The minimum Gasteiger partial charge on any atom is -0.278 e. The molecule has 0 saturated carbocycles. The van der Waals surface area contributed by atoms with E-state index in [1.54, 1.807) is 0 Å². The molecule has 0 bridgehead atoms. The van der Waals surface area contributed by atoms with Crippen molar-refractivity contribution in [3.8, 4) is 0 Å². The van der Waals surface area contributed by atoms with Gasteiger partial charge in [0.15, 0.2) is 0 Å². The second kappa shape index (κ2) is 2.22. The topological polar surface area (TPSA) is 28.7 Å². The fraction of sp³-hybridized carbons (Fsp3) is 0.444. The first kappa shape index (κ1) is 6.65. The Hall–Kier alpha value is -1.05. The molecule has 1 N–H and O–H groups in total. The van der Waals surface area contributed by atoms with E-state index in [1.165, 1.54) is 10.6 Å². The van der Waals surface area contributed by atoms with Gasteiger partial charge >= 0.3 is 0 Å². The number of aryl methyl sites for hydroxylation is 1. The molecule has 0 radical (unpaired) electrons. The Morgan fingerprint density at radius 1 is 1.64 bits per heavy atom. The van der Waals surface area contributed by atoms with Crippen molar-refractivity contribution in [3.63, 3.8) is 0 Å². The van der Waals surface area contributed by atoms with Crippen LogP contribution in [0.1, 0.15) is 19.0 Å². The molecule has 1 aliphatic rings. The van der Waals surface area contributed by atoms with Crippen LogP contribution in [0.5, 0.6) is 0 Å². The summed E-state index contributed by atoms with van der Waals surface area (Å²) in [5.41, 5.74) is 1.11. The van der Waals surface area contributed by atoms with Crippen molar-refractivity contribution in [1.82, 2.24) is 10.2 Å². The van der Waals surface area contributed by atoms with E-state index >= 15 is 0 Å². The van der Waals surface area contributed by atoms with Crippen LogP contribution < -0.4 is 10.6 Å². The third-order valence-electron chi connectivity index (χ3n) is 2.17. The zero-order valence-electron chi connectivity index (χ0n) is 6.89. The Bertz CT molecular complexity index is 373. The van der Waals surface area contributed by atoms with Gasteiger partial charge in [-0.1, -0.05) is 19.1 Å². The van der Waals surface area contributed by atoms with E-state index in [0.29, 0.717) is 5.92 Å². The van der Waals surface area contributed by atoms with Crippen molar-refractivity contribution in [2.45, 2.75) is 20.3 Å². The highest BCUT2D eigenvalue weighted by Crippen LogP contribution is 2.05. The molecule has 11 heavy (non-hydrogen) atoms. The van der Waals surface area contributed by atoms with Crippen molar-refractivity contribution >= 4 is 12.2 Å². The summed E-state index contributed by atoms with van der Waals surface area (Å²) in [5.74, 6) is 0.666. The molecule has 0 saturated heterocycles. The van der Waals surface area contributed by atoms with E-state index < -0.39 is 0 Å². The number of hydrogen-bond acceptors (Lipinski definition) is 1. The number of H-pyrrole nitrogens is 1. The molecular formula is C9H12N2. The summed E-state index contributed by atoms with van der Waals surface area (Å²) in [4.78, 5) is 0. The molecular weight excluding hydrogens is 136 g/mol. The lowest BCUT2D eigenvalue weighted by molar-refractivity contribution is 0.797. The zero-order chi connectivity index (χ0) is 7.84. The zero-order valence-corrected chi connectivity index (χ0v) is 6.89. The lowest BCUT2D eigenvalue weighted by atomic mass is 10.0. The van der Waals surface area contributed by atoms with Gasteiger partial charge in [-0.3, -0.25) is 5.10 Å². The Kier molecular flexibility index (Phi) is 1.34. The summed E-state index contributed by atoms with van der Waals surface area (Å²) in [6.45, 7) is 4.27. The molecule has 0 aliphatic heterocycles. The molecule has 2 rings (SSSR count). The molecule has 1 aliphatic carbocycles. The quantitative estimate of drug-likeness (QED) is 0.564. The predicted molar refractivity (Wildman–Crippen MR) is 45.3 cm³/mol. The largest absolute Gasteiger partial charge is 0.278 e. The maximum Gasteiger partial charge on any atom is 0.0666 e. The fourth-order valence-electron chi connectivity index (χ4n) is 1.48. The van der Waals surface area contributed by atoms with Crippen molar-refractivity contribution in [3.05, 3.63) is 16.3 Å². The van der Waals surface area contributed by atoms with Gasteiger partial charge in [-0.25, -0.2) is 0 Å². The second-order valence-corrected chi connectivity index (χ2v) is 3.22. The lowest BCUT2D eigenvalue weighted by Crippen LogP contribution is -2.28. The molecule has 0 amide bonds. The molecule has 1 heterocycles. The van der Waals surface area contributed by atoms with Gasteiger partial charge in [0.25, 0.3) is 0 Å². The fourth-order valence-corrected chi connectivity index (χ4v) is 1.48. The van der Waals surface area contributed by atoms with Crippen LogP contribution in [0.15, 0.2) is 0 Å². The molecule has 1 atom stereocenters. The second-order valence-electron chi connectivity index (χ2n) is 3.22. The van der Waals surface area contributed by atoms with Crippen LogP contribution in [0.4, 0.5) is 0 Å². The summed E-state index contributed by atoms with van der Waals surface area (Å²) < 4.78 is 0. The predicted octanol–water partition coefficient (Wildman–Crippen LogP) is 0.319. The number of fused-ring (bicyclic) bond motifs is 1. The molecule has 58 valence electrons. The molecule has 2 nitrogen and oxygen atoms in total. The van der Waals surface area contributed by atoms with Crippen LogP contribution in [0.3, 0.4) is 0 Å². The Morgan fingerprint density at radius 2 is 2.45 bits per heavy atom. The molecule has 1 aromatic heterocycles. The van der Waals surface area contributed by atoms with Gasteiger partial charge in [0.05, 0.1) is 11.0 Å². The average Bonchev–Trinajstić information content (AvgIpc) is 2.33. The summed E-state index contributed by atoms with van der Waals surface area (Å²) in [6.07, 6.45) is 5.64. The van der Waals surface area contributed by atoms with Crippen molar-refractivity contribution in [1.29, 1.82) is 0 Å². The monoisotopic (exact) mass is 148 g/mol. The van der Waals surface area contributed by atoms with Crippen molar-refractivity contribution < 1.29 is 0 Å². The summed E-state index contributed by atoms with van der Waals surface area (Å²) >= 11 is 0. The van der Waals surface area contributed by atoms with Crippen molar-refractivity contribution in [2.24, 2.45) is 5.92 Å². The number of aromatic amines is 1. The summed E-state index contributed by atoms with van der Waals surface area (Å²) in [7, 11) is 0. The first-order chi connectivity index (χ1) is 5.27. The Morgan fingerprint density at radius 3 is 3.27 bits per heavy atom. The number of hydrogen-bond donors (Lipinski definition) is 1. The maximum atomic E-state index is 4.15. The molecule has 0 spiro atoms. The average molecular weight is 148 g/mol. The number of nitrogens with zero attached hydrogens (tertiary/aromatic N) is 1. The number of rotatable bonds is 0. The van der Waals surface area contributed by atoms with Crippen molar-refractivity contribution in [2.75, 3.05) is 0 Å². The normalized spacial score (nSPS) is 21.8. The third-order valence-corrected chi connectivity index (χ3v) is 2.17. The van der Waals surface area contributed by atoms with Gasteiger partial charge < -0.3 is 0 Å². The molecule has 0 unspecified atom stereocenters. The van der Waals surface area contributed by atoms with Gasteiger partial charge in [0.1, 0.15) is 0 Å². The third kappa shape index (κ3) is 0.985. The summed E-state index contributed by atoms with van der Waals surface area (Å²) in [5, 5.41) is 9.64. The molecule has 1 aromatic rings. The lowest BCUT2D eigenvalue weighted by Gasteiger charge is -2.03. The minimum atomic E-state index is 0.666. The standard InChI is InChI=1S/C9H12N2/c1-6-3-4-9-8(5-6)7(2)10-11-9/h4-6,11H,3H2,1-2H3/t6-/m1/s1. The number of aromatic nitrogens is 2. The van der Waals surface area contributed by atoms with Gasteiger partial charge in [-0.15, -0.1) is 0 Å². The van der Waals surface area contributed by atoms with Crippen LogP contribution in [0.25, 0.3) is 12.2 Å². The highest BCUT2D eigenvalue weighted by molar-refractivity contribution is 5.38. The van der Waals surface area contributed by atoms with E-state index in [0.717, 1.165) is 12.1 Å². The van der Waals surface area contributed by atoms with E-state index in [-0.39, 0.29) is 0 Å². The van der Waals surface area contributed by atoms with Gasteiger partial charge in [0, 0.05) is 5.22 Å². The highest BCUT2D eigenvalue weighted by Gasteiger charge is 2.04. The SMILES string of the molecule is Cc1n[nH]c2c1=C[C@H](C)CC=2. The van der Waals surface area contributed by atoms with Crippen LogP contribution in [0, 0.1) is 12.8 Å². The van der Waals surface area contributed by atoms with E-state index in [4.69, 9.17) is 0 Å². The maximum absolute atomic E-state index is 4.15. The summed E-state index contributed by atoms with van der Waals surface area (Å²) in [6, 6.07) is 0. The van der Waals surface area contributed by atoms with Gasteiger partial charge in [0.2, 0.25) is 0 Å². The van der Waals surface area contributed by atoms with Crippen LogP contribution in [0.2, 0.25) is 0 Å². The van der Waals surface area contributed by atoms with E-state index in [9.17, 15) is 0 Å². The first-order valence-electron chi connectivity index (χ1n) is 4.00. The Balaban J connectivity index is 2.77. The van der Waals surface area contributed by atoms with Gasteiger partial charge in [-0.05, 0) is 19.3 Å². The molecule has 0 aromatic carbocycles. The minimum absolute atomic E-state index is 0.666. The molecule has 2 heteroatoms. The van der Waals surface area contributed by atoms with Crippen LogP contribution in [-0.4, -0.2) is 10.2 Å². The molecule has 0 fully saturated rings. The highest BCUT2D eigenvalue weighted by atomic mass is 15.1. The first-order valence-corrected chi connectivity index (χ1v) is 4.00. The van der Waals surface area contributed by atoms with E-state index in [2.05, 4.69) is 29.3 Å². The van der Waals surface area contributed by atoms with Crippen LogP contribution in [-0.2, 0) is 0 Å². The smallest absolute Gasteiger partial charge is 0.0666 e. The van der Waals surface area contributed by atoms with E-state index in [1.807, 2.05) is 6.92 Å². The van der Waals surface area contributed by atoms with Gasteiger partial charge in [-0.2, -0.15) is 5.10 Å². The number of nitrogens with one attached hydrogen (secondary N) is 1.